The second-order valence-electron chi connectivity index (χ2n) is 3.96. The van der Waals surface area contributed by atoms with E-state index in [1.165, 1.54) is 0 Å². The van der Waals surface area contributed by atoms with E-state index in [1.54, 1.807) is 18.4 Å². The van der Waals surface area contributed by atoms with Crippen molar-refractivity contribution in [1.29, 1.82) is 0 Å². The fourth-order valence-corrected chi connectivity index (χ4v) is 3.46. The summed E-state index contributed by atoms with van der Waals surface area (Å²) in [5.41, 5.74) is 8.28. The van der Waals surface area contributed by atoms with Crippen LogP contribution in [-0.4, -0.2) is 7.11 Å². The number of rotatable bonds is 3. The highest BCUT2D eigenvalue weighted by molar-refractivity contribution is 9.10. The molecular weight excluding hydrogens is 334 g/mol. The highest BCUT2D eigenvalue weighted by Gasteiger charge is 2.19. The summed E-state index contributed by atoms with van der Waals surface area (Å²) < 4.78 is 6.32. The van der Waals surface area contributed by atoms with Gasteiger partial charge in [-0.3, -0.25) is 0 Å². The summed E-state index contributed by atoms with van der Waals surface area (Å²) in [4.78, 5) is 0.963. The third-order valence-electron chi connectivity index (χ3n) is 2.73. The maximum atomic E-state index is 6.30. The van der Waals surface area contributed by atoms with Gasteiger partial charge in [0.1, 0.15) is 5.75 Å². The van der Waals surface area contributed by atoms with E-state index in [9.17, 15) is 0 Å². The maximum absolute atomic E-state index is 6.30. The molecule has 0 spiro atoms. The molecule has 0 radical (unpaired) electrons. The lowest BCUT2D eigenvalue weighted by Crippen LogP contribution is -2.12. The molecule has 1 unspecified atom stereocenters. The van der Waals surface area contributed by atoms with Crippen molar-refractivity contribution >= 4 is 38.9 Å². The second kappa shape index (κ2) is 5.61. The van der Waals surface area contributed by atoms with Crippen LogP contribution in [0.4, 0.5) is 0 Å². The van der Waals surface area contributed by atoms with Gasteiger partial charge in [0.15, 0.2) is 0 Å². The van der Waals surface area contributed by atoms with Crippen molar-refractivity contribution in [1.82, 2.24) is 0 Å². The lowest BCUT2D eigenvalue weighted by atomic mass is 10.0. The van der Waals surface area contributed by atoms with Crippen molar-refractivity contribution in [3.8, 4) is 5.75 Å². The lowest BCUT2D eigenvalue weighted by Gasteiger charge is -2.15. The van der Waals surface area contributed by atoms with Crippen molar-refractivity contribution in [3.63, 3.8) is 0 Å². The quantitative estimate of drug-likeness (QED) is 0.886. The van der Waals surface area contributed by atoms with Crippen molar-refractivity contribution < 1.29 is 4.74 Å². The highest BCUT2D eigenvalue weighted by atomic mass is 79.9. The predicted molar refractivity (Wildman–Crippen MR) is 80.8 cm³/mol. The van der Waals surface area contributed by atoms with Gasteiger partial charge in [0.25, 0.3) is 0 Å². The Morgan fingerprint density at radius 1 is 1.44 bits per heavy atom. The molecule has 2 N–H and O–H groups in total. The van der Waals surface area contributed by atoms with Gasteiger partial charge in [-0.25, -0.2) is 0 Å². The molecular formula is C13H13BrClNOS. The van der Waals surface area contributed by atoms with Crippen LogP contribution >= 0.6 is 38.9 Å². The number of hydrogen-bond acceptors (Lipinski definition) is 3. The van der Waals surface area contributed by atoms with Gasteiger partial charge in [-0.15, -0.1) is 11.3 Å². The zero-order chi connectivity index (χ0) is 13.3. The maximum Gasteiger partial charge on any atom is 0.124 e. The normalized spacial score (nSPS) is 12.5. The van der Waals surface area contributed by atoms with Gasteiger partial charge in [0, 0.05) is 14.9 Å². The molecule has 2 rings (SSSR count). The summed E-state index contributed by atoms with van der Waals surface area (Å²) in [5.74, 6) is 0.771. The topological polar surface area (TPSA) is 35.2 Å². The molecule has 0 aliphatic carbocycles. The Labute approximate surface area is 124 Å². The van der Waals surface area contributed by atoms with E-state index < -0.39 is 0 Å². The number of benzene rings is 1. The standard InChI is InChI=1S/C13H13BrClNOS/c1-7-6-18-13(11(7)15)12(16)9-5-8(14)3-4-10(9)17-2/h3-6,12H,16H2,1-2H3. The minimum Gasteiger partial charge on any atom is -0.496 e. The van der Waals surface area contributed by atoms with E-state index in [0.717, 1.165) is 31.2 Å². The monoisotopic (exact) mass is 345 g/mol. The first-order valence-corrected chi connectivity index (χ1v) is 7.42. The van der Waals surface area contributed by atoms with Gasteiger partial charge in [0.2, 0.25) is 0 Å². The van der Waals surface area contributed by atoms with E-state index in [4.69, 9.17) is 22.1 Å². The van der Waals surface area contributed by atoms with Gasteiger partial charge in [-0.1, -0.05) is 27.5 Å². The number of nitrogens with two attached hydrogens (primary N) is 1. The second-order valence-corrected chi connectivity index (χ2v) is 6.17. The van der Waals surface area contributed by atoms with Crippen molar-refractivity contribution in [3.05, 3.63) is 49.1 Å². The van der Waals surface area contributed by atoms with Gasteiger partial charge in [0.05, 0.1) is 18.2 Å². The van der Waals surface area contributed by atoms with Crippen LogP contribution in [0.3, 0.4) is 0 Å². The summed E-state index contributed by atoms with van der Waals surface area (Å²) in [6.45, 7) is 1.98. The Bertz CT molecular complexity index is 570. The van der Waals surface area contributed by atoms with Crippen LogP contribution in [0, 0.1) is 6.92 Å². The average Bonchev–Trinajstić information content (AvgIpc) is 2.69. The van der Waals surface area contributed by atoms with E-state index in [0.29, 0.717) is 0 Å². The Kier molecular flexibility index (Phi) is 4.33. The average molecular weight is 347 g/mol. The largest absolute Gasteiger partial charge is 0.496 e. The minimum atomic E-state index is -0.274. The lowest BCUT2D eigenvalue weighted by molar-refractivity contribution is 0.408. The molecule has 0 amide bonds. The number of ether oxygens (including phenoxy) is 1. The van der Waals surface area contributed by atoms with Crippen molar-refractivity contribution in [2.45, 2.75) is 13.0 Å². The molecule has 0 aliphatic rings. The fraction of sp³-hybridized carbons (Fsp3) is 0.231. The van der Waals surface area contributed by atoms with Crippen molar-refractivity contribution in [2.75, 3.05) is 7.11 Å². The Morgan fingerprint density at radius 2 is 2.17 bits per heavy atom. The molecule has 1 aromatic heterocycles. The molecule has 0 fully saturated rings. The molecule has 0 bridgehead atoms. The molecule has 96 valence electrons. The van der Waals surface area contributed by atoms with E-state index in [1.807, 2.05) is 30.5 Å². The van der Waals surface area contributed by atoms with Crippen LogP contribution in [0.1, 0.15) is 22.0 Å². The third kappa shape index (κ3) is 2.57. The van der Waals surface area contributed by atoms with Gasteiger partial charge < -0.3 is 10.5 Å². The van der Waals surface area contributed by atoms with Gasteiger partial charge in [-0.05, 0) is 36.1 Å². The molecule has 2 nitrogen and oxygen atoms in total. The molecule has 1 heterocycles. The number of methoxy groups -OCH3 is 1. The Balaban J connectivity index is 2.48. The first-order valence-electron chi connectivity index (χ1n) is 5.37. The van der Waals surface area contributed by atoms with Crippen LogP contribution in [0.2, 0.25) is 5.02 Å². The highest BCUT2D eigenvalue weighted by Crippen LogP contribution is 2.38. The van der Waals surface area contributed by atoms with Crippen molar-refractivity contribution in [2.24, 2.45) is 5.73 Å². The predicted octanol–water partition coefficient (Wildman–Crippen LogP) is 4.53. The molecule has 5 heteroatoms. The Hall–Kier alpha value is -0.550. The van der Waals surface area contributed by atoms with E-state index in [-0.39, 0.29) is 6.04 Å². The summed E-state index contributed by atoms with van der Waals surface area (Å²) in [6.07, 6.45) is 0. The zero-order valence-electron chi connectivity index (χ0n) is 10.0. The number of aryl methyl sites for hydroxylation is 1. The summed E-state index contributed by atoms with van der Waals surface area (Å²) in [6, 6.07) is 5.52. The van der Waals surface area contributed by atoms with Crippen LogP contribution in [-0.2, 0) is 0 Å². The first kappa shape index (κ1) is 13.9. The minimum absolute atomic E-state index is 0.274. The van der Waals surface area contributed by atoms with Crippen LogP contribution in [0.5, 0.6) is 5.75 Å². The summed E-state index contributed by atoms with van der Waals surface area (Å²) in [5, 5.41) is 2.76. The summed E-state index contributed by atoms with van der Waals surface area (Å²) >= 11 is 11.3. The fourth-order valence-electron chi connectivity index (χ4n) is 1.75. The first-order chi connectivity index (χ1) is 8.54. The van der Waals surface area contributed by atoms with Gasteiger partial charge >= 0.3 is 0 Å². The van der Waals surface area contributed by atoms with E-state index >= 15 is 0 Å². The number of hydrogen-bond donors (Lipinski definition) is 1. The van der Waals surface area contributed by atoms with Crippen LogP contribution in [0.15, 0.2) is 28.1 Å². The molecule has 0 saturated carbocycles. The van der Waals surface area contributed by atoms with Gasteiger partial charge in [-0.2, -0.15) is 0 Å². The van der Waals surface area contributed by atoms with Crippen LogP contribution in [0.25, 0.3) is 0 Å². The molecule has 1 atom stereocenters. The molecule has 0 saturated heterocycles. The number of thiophene rings is 1. The molecule has 0 aliphatic heterocycles. The molecule has 1 aromatic carbocycles. The smallest absolute Gasteiger partial charge is 0.124 e. The van der Waals surface area contributed by atoms with E-state index in [2.05, 4.69) is 15.9 Å². The zero-order valence-corrected chi connectivity index (χ0v) is 13.2. The Morgan fingerprint density at radius 3 is 2.72 bits per heavy atom. The number of halogens is 2. The molecule has 18 heavy (non-hydrogen) atoms. The molecule has 2 aromatic rings. The van der Waals surface area contributed by atoms with Crippen LogP contribution < -0.4 is 10.5 Å². The third-order valence-corrected chi connectivity index (χ3v) is 5.02. The summed E-state index contributed by atoms with van der Waals surface area (Å²) in [7, 11) is 1.64. The SMILES string of the molecule is COc1ccc(Br)cc1C(N)c1scc(C)c1Cl.